The van der Waals surface area contributed by atoms with Crippen LogP contribution in [0, 0.1) is 0 Å². The van der Waals surface area contributed by atoms with E-state index in [4.69, 9.17) is 15.2 Å². The molecule has 14 heavy (non-hydrogen) atoms. The summed E-state index contributed by atoms with van der Waals surface area (Å²) in [5.74, 6) is 0.541. The molecule has 0 saturated carbocycles. The van der Waals surface area contributed by atoms with Crippen LogP contribution in [-0.2, 0) is 16.0 Å². The van der Waals surface area contributed by atoms with E-state index >= 15 is 0 Å². The number of hydrogen-bond donors (Lipinski definition) is 1. The third kappa shape index (κ3) is 4.25. The maximum Gasteiger partial charge on any atom is 0.145 e. The molecule has 0 amide bonds. The van der Waals surface area contributed by atoms with Gasteiger partial charge in [0.15, 0.2) is 0 Å². The zero-order valence-corrected chi connectivity index (χ0v) is 8.48. The topological polar surface area (TPSA) is 62.3 Å². The maximum absolute atomic E-state index is 5.46. The van der Waals surface area contributed by atoms with Gasteiger partial charge in [0.2, 0.25) is 0 Å². The van der Waals surface area contributed by atoms with Gasteiger partial charge < -0.3 is 15.2 Å². The van der Waals surface area contributed by atoms with Gasteiger partial charge in [-0.1, -0.05) is 0 Å². The molecule has 0 aliphatic carbocycles. The average Bonchev–Trinajstić information content (AvgIpc) is 2.58. The molecule has 5 nitrogen and oxygen atoms in total. The van der Waals surface area contributed by atoms with E-state index in [1.165, 1.54) is 0 Å². The van der Waals surface area contributed by atoms with E-state index in [0.29, 0.717) is 25.6 Å². The van der Waals surface area contributed by atoms with Gasteiger partial charge in [-0.05, 0) is 13.0 Å². The lowest BCUT2D eigenvalue weighted by Crippen LogP contribution is -2.10. The van der Waals surface area contributed by atoms with E-state index in [1.807, 2.05) is 13.1 Å². The monoisotopic (exact) mass is 199 g/mol. The van der Waals surface area contributed by atoms with E-state index in [0.717, 1.165) is 13.2 Å². The Bertz CT molecular complexity index is 250. The molecule has 0 aliphatic rings. The number of nitrogens with zero attached hydrogens (tertiary/aromatic N) is 2. The summed E-state index contributed by atoms with van der Waals surface area (Å²) >= 11 is 0. The second kappa shape index (κ2) is 6.39. The SMILES string of the molecule is CCOCCOCCn1ccc(N)n1. The molecule has 0 aliphatic heterocycles. The summed E-state index contributed by atoms with van der Waals surface area (Å²) in [5.41, 5.74) is 5.46. The van der Waals surface area contributed by atoms with Gasteiger partial charge in [0.1, 0.15) is 5.82 Å². The van der Waals surface area contributed by atoms with Crippen molar-refractivity contribution in [2.45, 2.75) is 13.5 Å². The highest BCUT2D eigenvalue weighted by Gasteiger charge is 1.94. The molecule has 5 heteroatoms. The summed E-state index contributed by atoms with van der Waals surface area (Å²) in [7, 11) is 0. The fraction of sp³-hybridized carbons (Fsp3) is 0.667. The number of anilines is 1. The molecule has 1 aromatic rings. The highest BCUT2D eigenvalue weighted by atomic mass is 16.5. The van der Waals surface area contributed by atoms with Crippen molar-refractivity contribution in [2.75, 3.05) is 32.2 Å². The lowest BCUT2D eigenvalue weighted by molar-refractivity contribution is 0.0488. The zero-order chi connectivity index (χ0) is 10.2. The van der Waals surface area contributed by atoms with Crippen LogP contribution in [0.25, 0.3) is 0 Å². The van der Waals surface area contributed by atoms with Crippen molar-refractivity contribution in [3.05, 3.63) is 12.3 Å². The van der Waals surface area contributed by atoms with Gasteiger partial charge in [0.25, 0.3) is 0 Å². The van der Waals surface area contributed by atoms with Crippen molar-refractivity contribution < 1.29 is 9.47 Å². The Morgan fingerprint density at radius 3 is 2.79 bits per heavy atom. The van der Waals surface area contributed by atoms with Gasteiger partial charge >= 0.3 is 0 Å². The van der Waals surface area contributed by atoms with Crippen LogP contribution in [0.1, 0.15) is 6.92 Å². The molecule has 2 N–H and O–H groups in total. The van der Waals surface area contributed by atoms with E-state index in [-0.39, 0.29) is 0 Å². The van der Waals surface area contributed by atoms with Crippen LogP contribution < -0.4 is 5.73 Å². The smallest absolute Gasteiger partial charge is 0.145 e. The second-order valence-corrected chi connectivity index (χ2v) is 2.81. The Morgan fingerprint density at radius 1 is 1.36 bits per heavy atom. The van der Waals surface area contributed by atoms with Crippen molar-refractivity contribution in [3.8, 4) is 0 Å². The number of hydrogen-bond acceptors (Lipinski definition) is 4. The van der Waals surface area contributed by atoms with Gasteiger partial charge in [0.05, 0.1) is 26.4 Å². The third-order valence-corrected chi connectivity index (χ3v) is 1.70. The summed E-state index contributed by atoms with van der Waals surface area (Å²) in [6.07, 6.45) is 1.83. The standard InChI is InChI=1S/C9H17N3O2/c1-2-13-7-8-14-6-5-12-4-3-9(10)11-12/h3-4H,2,5-8H2,1H3,(H2,10,11). The van der Waals surface area contributed by atoms with Crippen LogP contribution in [-0.4, -0.2) is 36.2 Å². The number of rotatable bonds is 7. The van der Waals surface area contributed by atoms with E-state index in [9.17, 15) is 0 Å². The molecular weight excluding hydrogens is 182 g/mol. The molecule has 1 aromatic heterocycles. The van der Waals surface area contributed by atoms with Crippen LogP contribution in [0.4, 0.5) is 5.82 Å². The molecule has 0 unspecified atom stereocenters. The highest BCUT2D eigenvalue weighted by molar-refractivity contribution is 5.23. The maximum atomic E-state index is 5.46. The first-order valence-corrected chi connectivity index (χ1v) is 4.77. The van der Waals surface area contributed by atoms with Gasteiger partial charge in [-0.3, -0.25) is 4.68 Å². The fourth-order valence-corrected chi connectivity index (χ4v) is 1.02. The van der Waals surface area contributed by atoms with E-state index in [1.54, 1.807) is 10.7 Å². The molecule has 1 heterocycles. The molecule has 0 spiro atoms. The molecule has 0 aromatic carbocycles. The average molecular weight is 199 g/mol. The summed E-state index contributed by atoms with van der Waals surface area (Å²) in [6.45, 7) is 5.34. The van der Waals surface area contributed by atoms with Gasteiger partial charge in [-0.15, -0.1) is 0 Å². The summed E-state index contributed by atoms with van der Waals surface area (Å²) in [6, 6.07) is 1.76. The summed E-state index contributed by atoms with van der Waals surface area (Å²) in [5, 5.41) is 4.03. The number of nitrogen functional groups attached to an aromatic ring is 1. The summed E-state index contributed by atoms with van der Waals surface area (Å²) in [4.78, 5) is 0. The van der Waals surface area contributed by atoms with Crippen molar-refractivity contribution in [1.82, 2.24) is 9.78 Å². The molecule has 0 bridgehead atoms. The minimum Gasteiger partial charge on any atom is -0.382 e. The third-order valence-electron chi connectivity index (χ3n) is 1.70. The van der Waals surface area contributed by atoms with Crippen LogP contribution in [0.5, 0.6) is 0 Å². The highest BCUT2D eigenvalue weighted by Crippen LogP contribution is 1.95. The molecule has 80 valence electrons. The Hall–Kier alpha value is -1.07. The predicted molar refractivity (Wildman–Crippen MR) is 54.0 cm³/mol. The minimum absolute atomic E-state index is 0.541. The van der Waals surface area contributed by atoms with Crippen LogP contribution >= 0.6 is 0 Å². The molecule has 0 fully saturated rings. The predicted octanol–water partition coefficient (Wildman–Crippen LogP) is 0.518. The Labute approximate surface area is 83.8 Å². The van der Waals surface area contributed by atoms with Crippen molar-refractivity contribution in [1.29, 1.82) is 0 Å². The molecule has 0 saturated heterocycles. The zero-order valence-electron chi connectivity index (χ0n) is 8.48. The van der Waals surface area contributed by atoms with Crippen LogP contribution in [0.2, 0.25) is 0 Å². The molecule has 0 atom stereocenters. The van der Waals surface area contributed by atoms with Crippen molar-refractivity contribution in [3.63, 3.8) is 0 Å². The number of nitrogens with two attached hydrogens (primary N) is 1. The first-order chi connectivity index (χ1) is 6.83. The van der Waals surface area contributed by atoms with Gasteiger partial charge in [-0.2, -0.15) is 5.10 Å². The fourth-order valence-electron chi connectivity index (χ4n) is 1.02. The first kappa shape index (κ1) is 11.0. The van der Waals surface area contributed by atoms with E-state index < -0.39 is 0 Å². The second-order valence-electron chi connectivity index (χ2n) is 2.81. The van der Waals surface area contributed by atoms with E-state index in [2.05, 4.69) is 5.10 Å². The lowest BCUT2D eigenvalue weighted by atomic mass is 10.6. The van der Waals surface area contributed by atoms with Crippen LogP contribution in [0.3, 0.4) is 0 Å². The normalized spacial score (nSPS) is 10.6. The lowest BCUT2D eigenvalue weighted by Gasteiger charge is -2.04. The number of aromatic nitrogens is 2. The molecule has 0 radical (unpaired) electrons. The number of ether oxygens (including phenoxy) is 2. The Morgan fingerprint density at radius 2 is 2.14 bits per heavy atom. The van der Waals surface area contributed by atoms with Gasteiger partial charge in [0, 0.05) is 12.8 Å². The van der Waals surface area contributed by atoms with Crippen molar-refractivity contribution in [2.24, 2.45) is 0 Å². The Balaban J connectivity index is 1.99. The van der Waals surface area contributed by atoms with Gasteiger partial charge in [-0.25, -0.2) is 0 Å². The largest absolute Gasteiger partial charge is 0.382 e. The molecular formula is C9H17N3O2. The Kier molecular flexibility index (Phi) is 5.03. The van der Waals surface area contributed by atoms with Crippen LogP contribution in [0.15, 0.2) is 12.3 Å². The minimum atomic E-state index is 0.541. The van der Waals surface area contributed by atoms with Crippen molar-refractivity contribution >= 4 is 5.82 Å². The summed E-state index contributed by atoms with van der Waals surface area (Å²) < 4.78 is 12.2. The molecule has 1 rings (SSSR count). The first-order valence-electron chi connectivity index (χ1n) is 4.77. The quantitative estimate of drug-likeness (QED) is 0.650.